The van der Waals surface area contributed by atoms with Crippen molar-refractivity contribution >= 4 is 27.3 Å². The van der Waals surface area contributed by atoms with Gasteiger partial charge in [-0.15, -0.1) is 11.3 Å². The lowest BCUT2D eigenvalue weighted by Crippen LogP contribution is -2.42. The fourth-order valence-corrected chi connectivity index (χ4v) is 3.86. The van der Waals surface area contributed by atoms with E-state index in [4.69, 9.17) is 0 Å². The standard InChI is InChI=1S/C13H20BrNOS/c1-10(12-7-11(14)8-17-12)15-9-13(16)5-3-2-4-6-13/h7-8,10,15-16H,2-6,9H2,1H3. The van der Waals surface area contributed by atoms with Gasteiger partial charge in [0.15, 0.2) is 0 Å². The number of aliphatic hydroxyl groups is 1. The Morgan fingerprint density at radius 1 is 1.47 bits per heavy atom. The van der Waals surface area contributed by atoms with Crippen LogP contribution in [0.1, 0.15) is 49.9 Å². The zero-order valence-electron chi connectivity index (χ0n) is 10.2. The molecule has 2 nitrogen and oxygen atoms in total. The quantitative estimate of drug-likeness (QED) is 0.883. The Hall–Kier alpha value is 0.1000. The van der Waals surface area contributed by atoms with Crippen molar-refractivity contribution in [2.24, 2.45) is 0 Å². The van der Waals surface area contributed by atoms with Crippen LogP contribution in [0.2, 0.25) is 0 Å². The average molecular weight is 318 g/mol. The highest BCUT2D eigenvalue weighted by Gasteiger charge is 2.29. The molecule has 96 valence electrons. The van der Waals surface area contributed by atoms with E-state index in [0.29, 0.717) is 12.6 Å². The van der Waals surface area contributed by atoms with Crippen LogP contribution in [0.25, 0.3) is 0 Å². The monoisotopic (exact) mass is 317 g/mol. The largest absolute Gasteiger partial charge is 0.389 e. The summed E-state index contributed by atoms with van der Waals surface area (Å²) in [5.41, 5.74) is -0.471. The third-order valence-corrected chi connectivity index (χ3v) is 5.41. The highest BCUT2D eigenvalue weighted by atomic mass is 79.9. The Bertz CT molecular complexity index is 360. The Balaban J connectivity index is 1.85. The Kier molecular flexibility index (Phi) is 4.64. The van der Waals surface area contributed by atoms with Crippen molar-refractivity contribution in [2.45, 2.75) is 50.7 Å². The van der Waals surface area contributed by atoms with E-state index in [0.717, 1.165) is 30.2 Å². The summed E-state index contributed by atoms with van der Waals surface area (Å²) in [5.74, 6) is 0. The Labute approximate surface area is 116 Å². The minimum Gasteiger partial charge on any atom is -0.389 e. The third kappa shape index (κ3) is 3.78. The first-order valence-corrected chi connectivity index (χ1v) is 7.96. The van der Waals surface area contributed by atoms with E-state index < -0.39 is 5.60 Å². The van der Waals surface area contributed by atoms with Gasteiger partial charge >= 0.3 is 0 Å². The van der Waals surface area contributed by atoms with E-state index in [9.17, 15) is 5.11 Å². The van der Waals surface area contributed by atoms with Gasteiger partial charge in [0.2, 0.25) is 0 Å². The van der Waals surface area contributed by atoms with Crippen molar-refractivity contribution in [3.63, 3.8) is 0 Å². The van der Waals surface area contributed by atoms with Gasteiger partial charge < -0.3 is 10.4 Å². The molecule has 0 aromatic carbocycles. The molecular formula is C13H20BrNOS. The molecular weight excluding hydrogens is 298 g/mol. The molecule has 0 aliphatic heterocycles. The van der Waals surface area contributed by atoms with Gasteiger partial charge in [0.05, 0.1) is 5.60 Å². The van der Waals surface area contributed by atoms with Crippen LogP contribution in [0.5, 0.6) is 0 Å². The Morgan fingerprint density at radius 3 is 2.76 bits per heavy atom. The lowest BCUT2D eigenvalue weighted by atomic mass is 9.85. The second-order valence-corrected chi connectivity index (χ2v) is 6.91. The molecule has 0 bridgehead atoms. The number of hydrogen-bond acceptors (Lipinski definition) is 3. The predicted molar refractivity (Wildman–Crippen MR) is 76.5 cm³/mol. The van der Waals surface area contributed by atoms with Gasteiger partial charge in [0, 0.05) is 27.3 Å². The van der Waals surface area contributed by atoms with Crippen LogP contribution in [0.3, 0.4) is 0 Å². The van der Waals surface area contributed by atoms with E-state index in [-0.39, 0.29) is 0 Å². The van der Waals surface area contributed by atoms with Crippen molar-refractivity contribution in [1.82, 2.24) is 5.32 Å². The predicted octanol–water partition coefficient (Wildman–Crippen LogP) is 3.86. The zero-order valence-corrected chi connectivity index (χ0v) is 12.6. The smallest absolute Gasteiger partial charge is 0.0771 e. The first-order valence-electron chi connectivity index (χ1n) is 6.29. The number of rotatable bonds is 4. The summed E-state index contributed by atoms with van der Waals surface area (Å²) in [6.07, 6.45) is 5.49. The molecule has 2 rings (SSSR count). The maximum absolute atomic E-state index is 10.4. The fourth-order valence-electron chi connectivity index (χ4n) is 2.39. The molecule has 0 radical (unpaired) electrons. The van der Waals surface area contributed by atoms with Gasteiger partial charge in [0.25, 0.3) is 0 Å². The van der Waals surface area contributed by atoms with Crippen molar-refractivity contribution in [3.05, 3.63) is 20.8 Å². The lowest BCUT2D eigenvalue weighted by Gasteiger charge is -2.33. The highest BCUT2D eigenvalue weighted by Crippen LogP contribution is 2.29. The third-order valence-electron chi connectivity index (χ3n) is 3.54. The summed E-state index contributed by atoms with van der Waals surface area (Å²) < 4.78 is 1.14. The summed E-state index contributed by atoms with van der Waals surface area (Å²) in [4.78, 5) is 1.32. The molecule has 1 aromatic rings. The average Bonchev–Trinajstić information content (AvgIpc) is 2.74. The summed E-state index contributed by atoms with van der Waals surface area (Å²) in [7, 11) is 0. The van der Waals surface area contributed by atoms with E-state index in [1.165, 1.54) is 11.3 Å². The molecule has 1 aromatic heterocycles. The topological polar surface area (TPSA) is 32.3 Å². The van der Waals surface area contributed by atoms with Crippen molar-refractivity contribution in [1.29, 1.82) is 0 Å². The van der Waals surface area contributed by atoms with Crippen molar-refractivity contribution < 1.29 is 5.11 Å². The summed E-state index contributed by atoms with van der Waals surface area (Å²) in [5, 5.41) is 16.0. The fraction of sp³-hybridized carbons (Fsp3) is 0.692. The molecule has 1 atom stereocenters. The molecule has 1 fully saturated rings. The second kappa shape index (κ2) is 5.83. The number of nitrogens with one attached hydrogen (secondary N) is 1. The highest BCUT2D eigenvalue weighted by molar-refractivity contribution is 9.10. The molecule has 1 unspecified atom stereocenters. The molecule has 0 amide bonds. The minimum absolute atomic E-state index is 0.317. The van der Waals surface area contributed by atoms with Gasteiger partial charge in [-0.05, 0) is 41.8 Å². The minimum atomic E-state index is -0.471. The van der Waals surface area contributed by atoms with Crippen LogP contribution >= 0.6 is 27.3 Å². The van der Waals surface area contributed by atoms with Gasteiger partial charge in [-0.2, -0.15) is 0 Å². The molecule has 1 heterocycles. The first-order chi connectivity index (χ1) is 8.09. The normalized spacial score (nSPS) is 21.4. The summed E-state index contributed by atoms with van der Waals surface area (Å²) in [6, 6.07) is 2.46. The van der Waals surface area contributed by atoms with E-state index in [1.54, 1.807) is 11.3 Å². The molecule has 17 heavy (non-hydrogen) atoms. The molecule has 2 N–H and O–H groups in total. The zero-order chi connectivity index (χ0) is 12.3. The molecule has 0 spiro atoms. The van der Waals surface area contributed by atoms with Crippen LogP contribution in [-0.2, 0) is 0 Å². The first kappa shape index (κ1) is 13.5. The van der Waals surface area contributed by atoms with Gasteiger partial charge in [-0.1, -0.05) is 19.3 Å². The van der Waals surface area contributed by atoms with Crippen LogP contribution in [0.4, 0.5) is 0 Å². The van der Waals surface area contributed by atoms with Crippen molar-refractivity contribution in [2.75, 3.05) is 6.54 Å². The maximum Gasteiger partial charge on any atom is 0.0771 e. The molecule has 4 heteroatoms. The summed E-state index contributed by atoms with van der Waals surface area (Å²) >= 11 is 5.22. The van der Waals surface area contributed by atoms with Crippen molar-refractivity contribution in [3.8, 4) is 0 Å². The van der Waals surface area contributed by atoms with Gasteiger partial charge in [-0.25, -0.2) is 0 Å². The SMILES string of the molecule is CC(NCC1(O)CCCCC1)c1cc(Br)cs1. The number of halogens is 1. The molecule has 1 aliphatic rings. The van der Waals surface area contributed by atoms with Crippen LogP contribution in [0, 0.1) is 0 Å². The lowest BCUT2D eigenvalue weighted by molar-refractivity contribution is 0.00307. The second-order valence-electron chi connectivity index (χ2n) is 5.05. The molecule has 0 saturated heterocycles. The maximum atomic E-state index is 10.4. The van der Waals surface area contributed by atoms with Gasteiger partial charge in [-0.3, -0.25) is 0 Å². The van der Waals surface area contributed by atoms with E-state index >= 15 is 0 Å². The number of thiophene rings is 1. The summed E-state index contributed by atoms with van der Waals surface area (Å²) in [6.45, 7) is 2.87. The Morgan fingerprint density at radius 2 is 2.18 bits per heavy atom. The van der Waals surface area contributed by atoms with Crippen LogP contribution in [-0.4, -0.2) is 17.3 Å². The molecule has 1 aliphatic carbocycles. The van der Waals surface area contributed by atoms with Crippen LogP contribution in [0.15, 0.2) is 15.9 Å². The van der Waals surface area contributed by atoms with E-state index in [2.05, 4.69) is 39.6 Å². The van der Waals surface area contributed by atoms with Gasteiger partial charge in [0.1, 0.15) is 0 Å². The van der Waals surface area contributed by atoms with E-state index in [1.807, 2.05) is 0 Å². The number of hydrogen-bond donors (Lipinski definition) is 2. The molecule has 1 saturated carbocycles. The van der Waals surface area contributed by atoms with Crippen LogP contribution < -0.4 is 5.32 Å².